The fourth-order valence-corrected chi connectivity index (χ4v) is 10.1. The third-order valence-electron chi connectivity index (χ3n) is 13.9. The Morgan fingerprint density at radius 3 is 2.12 bits per heavy atom. The number of rotatable bonds is 8. The Morgan fingerprint density at radius 2 is 1.54 bits per heavy atom. The lowest BCUT2D eigenvalue weighted by molar-refractivity contribution is -0.0928. The summed E-state index contributed by atoms with van der Waals surface area (Å²) >= 11 is 0. The van der Waals surface area contributed by atoms with Crippen molar-refractivity contribution in [3.8, 4) is 0 Å². The predicted octanol–water partition coefficient (Wildman–Crippen LogP) is 11.1. The first-order valence-electron chi connectivity index (χ1n) is 17.9. The van der Waals surface area contributed by atoms with E-state index in [4.69, 9.17) is 0 Å². The molecule has 0 spiro atoms. The van der Waals surface area contributed by atoms with Gasteiger partial charge in [0.05, 0.1) is 12.2 Å². The molecule has 2 saturated carbocycles. The Hall–Kier alpha value is -0.340. The highest BCUT2D eigenvalue weighted by Crippen LogP contribution is 2.67. The third-order valence-corrected chi connectivity index (χ3v) is 13.9. The summed E-state index contributed by atoms with van der Waals surface area (Å²) in [5.41, 5.74) is 5.31. The average Bonchev–Trinajstić information content (AvgIpc) is 3.20. The highest BCUT2D eigenvalue weighted by Gasteiger charge is 2.58. The van der Waals surface area contributed by atoms with E-state index in [9.17, 15) is 10.2 Å². The molecule has 8 unspecified atom stereocenters. The van der Waals surface area contributed by atoms with Crippen molar-refractivity contribution < 1.29 is 10.2 Å². The zero-order valence-corrected chi connectivity index (χ0v) is 29.8. The van der Waals surface area contributed by atoms with E-state index in [0.717, 1.165) is 18.3 Å². The third kappa shape index (κ3) is 7.16. The van der Waals surface area contributed by atoms with E-state index in [0.29, 0.717) is 28.1 Å². The molecule has 4 rings (SSSR count). The van der Waals surface area contributed by atoms with Gasteiger partial charge in [-0.15, -0.1) is 0 Å². The highest BCUT2D eigenvalue weighted by atomic mass is 16.3. The summed E-state index contributed by atoms with van der Waals surface area (Å²) in [4.78, 5) is 0. The maximum absolute atomic E-state index is 10.7. The van der Waals surface area contributed by atoms with Crippen LogP contribution in [0.1, 0.15) is 173 Å². The maximum Gasteiger partial charge on any atom is 0.0594 e. The molecule has 0 saturated heterocycles. The standard InChI is InChI=1S/C29H50O.C10H22O/c1-26(2,3)17-9-8-10-20-11-13-22-21-12-14-24-27(4,5)25(30)16-19-29(24,7)23(21)15-18-28(20,22)6;1-6-7-8(2)10(4,5)9(3)11/h20,22,24-25,30H,8-19H2,1-7H3;8-9,11H,6-7H2,1-5H3. The van der Waals surface area contributed by atoms with Crippen LogP contribution in [0, 0.1) is 50.7 Å². The lowest BCUT2D eigenvalue weighted by Crippen LogP contribution is -2.53. The number of hydrogen-bond donors (Lipinski definition) is 2. The summed E-state index contributed by atoms with van der Waals surface area (Å²) < 4.78 is 0. The molecule has 8 atom stereocenters. The van der Waals surface area contributed by atoms with Crippen molar-refractivity contribution in [1.29, 1.82) is 0 Å². The van der Waals surface area contributed by atoms with Crippen molar-refractivity contribution >= 4 is 0 Å². The van der Waals surface area contributed by atoms with Crippen molar-refractivity contribution in [2.75, 3.05) is 0 Å². The summed E-state index contributed by atoms with van der Waals surface area (Å²) in [7, 11) is 0. The Kier molecular flexibility index (Phi) is 11.1. The van der Waals surface area contributed by atoms with Crippen LogP contribution in [-0.4, -0.2) is 22.4 Å². The molecule has 240 valence electrons. The van der Waals surface area contributed by atoms with Crippen LogP contribution in [0.3, 0.4) is 0 Å². The van der Waals surface area contributed by atoms with Crippen LogP contribution in [0.2, 0.25) is 0 Å². The second-order valence-electron chi connectivity index (χ2n) is 18.2. The molecular weight excluding hydrogens is 500 g/mol. The van der Waals surface area contributed by atoms with Gasteiger partial charge in [0.25, 0.3) is 0 Å². The first-order chi connectivity index (χ1) is 18.8. The molecule has 2 nitrogen and oxygen atoms in total. The van der Waals surface area contributed by atoms with E-state index in [1.54, 1.807) is 0 Å². The van der Waals surface area contributed by atoms with Crippen LogP contribution >= 0.6 is 0 Å². The molecule has 2 fully saturated rings. The number of unbranched alkanes of at least 4 members (excludes halogenated alkanes) is 1. The van der Waals surface area contributed by atoms with Crippen LogP contribution in [0.15, 0.2) is 11.1 Å². The molecule has 2 heteroatoms. The molecule has 0 aliphatic heterocycles. The van der Waals surface area contributed by atoms with E-state index < -0.39 is 0 Å². The van der Waals surface area contributed by atoms with Crippen LogP contribution in [0.5, 0.6) is 0 Å². The van der Waals surface area contributed by atoms with Gasteiger partial charge in [-0.25, -0.2) is 0 Å². The summed E-state index contributed by atoms with van der Waals surface area (Å²) in [6, 6.07) is 0. The predicted molar refractivity (Wildman–Crippen MR) is 178 cm³/mol. The lowest BCUT2D eigenvalue weighted by Gasteiger charge is -2.59. The van der Waals surface area contributed by atoms with Crippen molar-refractivity contribution in [2.45, 2.75) is 185 Å². The van der Waals surface area contributed by atoms with Gasteiger partial charge < -0.3 is 10.2 Å². The highest BCUT2D eigenvalue weighted by molar-refractivity contribution is 5.35. The number of aliphatic hydroxyl groups excluding tert-OH is 2. The Labute approximate surface area is 256 Å². The topological polar surface area (TPSA) is 40.5 Å². The van der Waals surface area contributed by atoms with E-state index >= 15 is 0 Å². The molecule has 0 amide bonds. The molecule has 0 aromatic rings. The molecule has 4 aliphatic carbocycles. The zero-order chi connectivity index (χ0) is 31.0. The average molecular weight is 573 g/mol. The zero-order valence-electron chi connectivity index (χ0n) is 29.8. The van der Waals surface area contributed by atoms with Gasteiger partial charge in [-0.1, -0.05) is 113 Å². The lowest BCUT2D eigenvalue weighted by atomic mass is 9.46. The Morgan fingerprint density at radius 1 is 0.878 bits per heavy atom. The summed E-state index contributed by atoms with van der Waals surface area (Å²) in [5.74, 6) is 3.08. The van der Waals surface area contributed by atoms with Crippen LogP contribution in [-0.2, 0) is 0 Å². The minimum absolute atomic E-state index is 0.0655. The summed E-state index contributed by atoms with van der Waals surface area (Å²) in [6.45, 7) is 27.7. The van der Waals surface area contributed by atoms with Crippen molar-refractivity contribution in [1.82, 2.24) is 0 Å². The van der Waals surface area contributed by atoms with Crippen molar-refractivity contribution in [3.05, 3.63) is 11.1 Å². The minimum Gasteiger partial charge on any atom is -0.393 e. The second kappa shape index (κ2) is 12.9. The van der Waals surface area contributed by atoms with Crippen LogP contribution in [0.4, 0.5) is 0 Å². The monoisotopic (exact) mass is 573 g/mol. The summed E-state index contributed by atoms with van der Waals surface area (Å²) in [6.07, 6.45) is 18.3. The molecule has 0 heterocycles. The largest absolute Gasteiger partial charge is 0.393 e. The normalized spacial score (nSPS) is 36.4. The quantitative estimate of drug-likeness (QED) is 0.224. The van der Waals surface area contributed by atoms with Crippen LogP contribution < -0.4 is 0 Å². The van der Waals surface area contributed by atoms with E-state index in [1.807, 2.05) is 18.1 Å². The van der Waals surface area contributed by atoms with Crippen molar-refractivity contribution in [3.63, 3.8) is 0 Å². The number of fused-ring (bicyclic) bond motifs is 4. The first kappa shape index (κ1) is 35.1. The molecular formula is C39H72O2. The Balaban J connectivity index is 0.000000358. The molecule has 4 aliphatic rings. The number of allylic oxidation sites excluding steroid dienone is 2. The van der Waals surface area contributed by atoms with E-state index in [2.05, 4.69) is 76.2 Å². The molecule has 0 aromatic heterocycles. The minimum atomic E-state index is -0.205. The van der Waals surface area contributed by atoms with E-state index in [-0.39, 0.29) is 23.0 Å². The molecule has 2 N–H and O–H groups in total. The van der Waals surface area contributed by atoms with Gasteiger partial charge in [0.2, 0.25) is 0 Å². The SMILES string of the molecule is CC(C)(C)CCCCC1CCC2C3=C(CCC12C)C1(C)CCC(O)C(C)(C)C1CC3.CCCC(C)C(C)(C)C(C)O. The van der Waals surface area contributed by atoms with Gasteiger partial charge in [-0.2, -0.15) is 0 Å². The fourth-order valence-electron chi connectivity index (χ4n) is 10.1. The summed E-state index contributed by atoms with van der Waals surface area (Å²) in [5, 5.41) is 20.2. The van der Waals surface area contributed by atoms with Gasteiger partial charge in [0.15, 0.2) is 0 Å². The molecule has 41 heavy (non-hydrogen) atoms. The molecule has 0 bridgehead atoms. The van der Waals surface area contributed by atoms with Gasteiger partial charge in [-0.05, 0) is 122 Å². The number of aliphatic hydroxyl groups is 2. The fraction of sp³-hybridized carbons (Fsp3) is 0.949. The number of hydrogen-bond acceptors (Lipinski definition) is 2. The van der Waals surface area contributed by atoms with Gasteiger partial charge in [-0.3, -0.25) is 0 Å². The van der Waals surface area contributed by atoms with Crippen molar-refractivity contribution in [2.24, 2.45) is 50.7 Å². The van der Waals surface area contributed by atoms with Gasteiger partial charge in [0.1, 0.15) is 0 Å². The molecule has 0 radical (unpaired) electrons. The maximum atomic E-state index is 10.7. The van der Waals surface area contributed by atoms with E-state index in [1.165, 1.54) is 83.5 Å². The van der Waals surface area contributed by atoms with Crippen LogP contribution in [0.25, 0.3) is 0 Å². The van der Waals surface area contributed by atoms with Gasteiger partial charge >= 0.3 is 0 Å². The van der Waals surface area contributed by atoms with Gasteiger partial charge in [0, 0.05) is 0 Å². The Bertz CT molecular complexity index is 888. The molecule has 0 aromatic carbocycles. The first-order valence-corrected chi connectivity index (χ1v) is 17.9. The second-order valence-corrected chi connectivity index (χ2v) is 18.2. The smallest absolute Gasteiger partial charge is 0.0594 e.